The number of rotatable bonds is 9. The molecule has 1 heterocycles. The van der Waals surface area contributed by atoms with Crippen LogP contribution in [0.2, 0.25) is 0 Å². The van der Waals surface area contributed by atoms with E-state index in [0.717, 1.165) is 11.3 Å². The average Bonchev–Trinajstić information content (AvgIpc) is 2.85. The van der Waals surface area contributed by atoms with Gasteiger partial charge in [0, 0.05) is 12.4 Å². The first-order valence-electron chi connectivity index (χ1n) is 11.8. The zero-order valence-electron chi connectivity index (χ0n) is 19.2. The van der Waals surface area contributed by atoms with Crippen molar-refractivity contribution in [2.24, 2.45) is 0 Å². The van der Waals surface area contributed by atoms with Crippen LogP contribution in [0.4, 0.5) is 5.69 Å². The topological polar surface area (TPSA) is 59.5 Å². The van der Waals surface area contributed by atoms with Gasteiger partial charge in [0.05, 0.1) is 18.0 Å². The van der Waals surface area contributed by atoms with Crippen molar-refractivity contribution in [1.29, 1.82) is 0 Å². The molecule has 174 valence electrons. The van der Waals surface area contributed by atoms with Crippen molar-refractivity contribution in [3.63, 3.8) is 0 Å². The van der Waals surface area contributed by atoms with Crippen molar-refractivity contribution in [3.05, 3.63) is 84.2 Å². The molecule has 5 nitrogen and oxygen atoms in total. The van der Waals surface area contributed by atoms with Gasteiger partial charge in [-0.3, -0.25) is 9.29 Å². The SMILES string of the molecule is CCCS(=O)(=O)N(Cc1cccnc1)c1ccc(Oc2ccc(C3CCCCC3)cc2)cc1. The molecule has 1 fully saturated rings. The van der Waals surface area contributed by atoms with Crippen molar-refractivity contribution in [2.45, 2.75) is 57.9 Å². The highest BCUT2D eigenvalue weighted by Gasteiger charge is 2.22. The number of hydrogen-bond donors (Lipinski definition) is 0. The lowest BCUT2D eigenvalue weighted by molar-refractivity contribution is 0.442. The highest BCUT2D eigenvalue weighted by Crippen LogP contribution is 2.34. The molecule has 0 amide bonds. The van der Waals surface area contributed by atoms with E-state index in [4.69, 9.17) is 4.74 Å². The standard InChI is InChI=1S/C27H32N2O3S/c1-2-19-33(30,31)29(21-22-7-6-18-28-20-22)25-12-16-27(17-13-25)32-26-14-10-24(11-15-26)23-8-4-3-5-9-23/h6-7,10-18,20,23H,2-5,8-9,19,21H2,1H3. The molecule has 33 heavy (non-hydrogen) atoms. The highest BCUT2D eigenvalue weighted by molar-refractivity contribution is 7.92. The van der Waals surface area contributed by atoms with Gasteiger partial charge in [0.15, 0.2) is 0 Å². The summed E-state index contributed by atoms with van der Waals surface area (Å²) in [6.07, 6.45) is 10.5. The Balaban J connectivity index is 1.48. The summed E-state index contributed by atoms with van der Waals surface area (Å²) in [5, 5.41) is 0. The molecule has 0 atom stereocenters. The fourth-order valence-corrected chi connectivity index (χ4v) is 5.96. The molecule has 4 rings (SSSR count). The van der Waals surface area contributed by atoms with Crippen molar-refractivity contribution in [1.82, 2.24) is 4.98 Å². The van der Waals surface area contributed by atoms with E-state index in [1.165, 1.54) is 42.0 Å². The molecule has 1 aromatic heterocycles. The number of nitrogens with zero attached hydrogens (tertiary/aromatic N) is 2. The van der Waals surface area contributed by atoms with Gasteiger partial charge in [-0.15, -0.1) is 0 Å². The van der Waals surface area contributed by atoms with Crippen LogP contribution < -0.4 is 9.04 Å². The molecular weight excluding hydrogens is 432 g/mol. The molecule has 0 bridgehead atoms. The minimum Gasteiger partial charge on any atom is -0.457 e. The number of pyridine rings is 1. The molecule has 0 saturated heterocycles. The fraction of sp³-hybridized carbons (Fsp3) is 0.370. The minimum absolute atomic E-state index is 0.0961. The summed E-state index contributed by atoms with van der Waals surface area (Å²) in [4.78, 5) is 4.11. The number of ether oxygens (including phenoxy) is 1. The second-order valence-corrected chi connectivity index (χ2v) is 10.7. The number of anilines is 1. The molecule has 0 spiro atoms. The van der Waals surface area contributed by atoms with Crippen LogP contribution in [0.3, 0.4) is 0 Å². The van der Waals surface area contributed by atoms with Gasteiger partial charge in [-0.25, -0.2) is 8.42 Å². The Bertz CT molecular complexity index is 1110. The predicted octanol–water partition coefficient (Wildman–Crippen LogP) is 6.67. The van der Waals surface area contributed by atoms with E-state index in [0.29, 0.717) is 23.8 Å². The Morgan fingerprint density at radius 1 is 0.939 bits per heavy atom. The van der Waals surface area contributed by atoms with E-state index < -0.39 is 10.0 Å². The maximum Gasteiger partial charge on any atom is 0.235 e. The maximum atomic E-state index is 12.9. The van der Waals surface area contributed by atoms with Gasteiger partial charge in [0.1, 0.15) is 11.5 Å². The average molecular weight is 465 g/mol. The molecule has 0 unspecified atom stereocenters. The van der Waals surface area contributed by atoms with Gasteiger partial charge in [-0.2, -0.15) is 0 Å². The van der Waals surface area contributed by atoms with Crippen LogP contribution in [0.5, 0.6) is 11.5 Å². The van der Waals surface area contributed by atoms with Crippen LogP contribution in [-0.2, 0) is 16.6 Å². The molecule has 3 aromatic rings. The second-order valence-electron chi connectivity index (χ2n) is 8.68. The Labute approximate surface area is 197 Å². The summed E-state index contributed by atoms with van der Waals surface area (Å²) in [5.41, 5.74) is 2.85. The van der Waals surface area contributed by atoms with Crippen LogP contribution in [0.15, 0.2) is 73.1 Å². The molecule has 1 aliphatic carbocycles. The van der Waals surface area contributed by atoms with E-state index in [9.17, 15) is 8.42 Å². The lowest BCUT2D eigenvalue weighted by atomic mass is 9.84. The Kier molecular flexibility index (Phi) is 7.65. The van der Waals surface area contributed by atoms with E-state index in [2.05, 4.69) is 17.1 Å². The third-order valence-electron chi connectivity index (χ3n) is 6.16. The molecule has 6 heteroatoms. The van der Waals surface area contributed by atoms with Crippen LogP contribution in [0.1, 0.15) is 62.5 Å². The molecule has 2 aromatic carbocycles. The molecule has 1 saturated carbocycles. The summed E-state index contributed by atoms with van der Waals surface area (Å²) >= 11 is 0. The molecule has 0 aliphatic heterocycles. The van der Waals surface area contributed by atoms with Gasteiger partial charge >= 0.3 is 0 Å². The van der Waals surface area contributed by atoms with Crippen LogP contribution in [-0.4, -0.2) is 19.2 Å². The first-order valence-corrected chi connectivity index (χ1v) is 13.4. The lowest BCUT2D eigenvalue weighted by Crippen LogP contribution is -2.32. The van der Waals surface area contributed by atoms with E-state index in [1.54, 1.807) is 24.5 Å². The smallest absolute Gasteiger partial charge is 0.235 e. The van der Waals surface area contributed by atoms with Crippen LogP contribution in [0, 0.1) is 0 Å². The van der Waals surface area contributed by atoms with Crippen molar-refractivity contribution in [2.75, 3.05) is 10.1 Å². The minimum atomic E-state index is -3.45. The molecule has 1 aliphatic rings. The second kappa shape index (κ2) is 10.8. The third kappa shape index (κ3) is 6.14. The molecule has 0 radical (unpaired) electrons. The summed E-state index contributed by atoms with van der Waals surface area (Å²) in [5.74, 6) is 2.23. The van der Waals surface area contributed by atoms with E-state index in [-0.39, 0.29) is 12.3 Å². The number of benzene rings is 2. The van der Waals surface area contributed by atoms with Crippen molar-refractivity contribution < 1.29 is 13.2 Å². The number of aromatic nitrogens is 1. The van der Waals surface area contributed by atoms with Gasteiger partial charge < -0.3 is 4.74 Å². The largest absolute Gasteiger partial charge is 0.457 e. The Hall–Kier alpha value is -2.86. The lowest BCUT2D eigenvalue weighted by Gasteiger charge is -2.24. The van der Waals surface area contributed by atoms with E-state index in [1.807, 2.05) is 43.3 Å². The third-order valence-corrected chi connectivity index (χ3v) is 8.10. The first kappa shape index (κ1) is 23.3. The molecule has 0 N–H and O–H groups in total. The van der Waals surface area contributed by atoms with Crippen LogP contribution in [0.25, 0.3) is 0 Å². The van der Waals surface area contributed by atoms with Gasteiger partial charge in [-0.05, 0) is 78.8 Å². The number of hydrogen-bond acceptors (Lipinski definition) is 4. The zero-order valence-corrected chi connectivity index (χ0v) is 20.0. The number of sulfonamides is 1. The summed E-state index contributed by atoms with van der Waals surface area (Å²) in [6, 6.07) is 19.3. The van der Waals surface area contributed by atoms with Crippen LogP contribution >= 0.6 is 0 Å². The van der Waals surface area contributed by atoms with Crippen molar-refractivity contribution in [3.8, 4) is 11.5 Å². The summed E-state index contributed by atoms with van der Waals surface area (Å²) < 4.78 is 33.4. The summed E-state index contributed by atoms with van der Waals surface area (Å²) in [6.45, 7) is 2.12. The van der Waals surface area contributed by atoms with E-state index >= 15 is 0 Å². The zero-order chi connectivity index (χ0) is 23.1. The van der Waals surface area contributed by atoms with Gasteiger partial charge in [0.25, 0.3) is 0 Å². The van der Waals surface area contributed by atoms with Gasteiger partial charge in [-0.1, -0.05) is 44.4 Å². The normalized spacial score (nSPS) is 14.7. The fourth-order valence-electron chi connectivity index (χ4n) is 4.44. The van der Waals surface area contributed by atoms with Gasteiger partial charge in [0.2, 0.25) is 10.0 Å². The maximum absolute atomic E-state index is 12.9. The highest BCUT2D eigenvalue weighted by atomic mass is 32.2. The monoisotopic (exact) mass is 464 g/mol. The first-order chi connectivity index (χ1) is 16.0. The predicted molar refractivity (Wildman–Crippen MR) is 133 cm³/mol. The van der Waals surface area contributed by atoms with Crippen molar-refractivity contribution >= 4 is 15.7 Å². The Morgan fingerprint density at radius 3 is 2.21 bits per heavy atom. The quantitative estimate of drug-likeness (QED) is 0.355. The Morgan fingerprint density at radius 2 is 1.61 bits per heavy atom. The molecular formula is C27H32N2O3S. The summed E-state index contributed by atoms with van der Waals surface area (Å²) in [7, 11) is -3.45.